The molecule has 98 valence electrons. The van der Waals surface area contributed by atoms with Crippen molar-refractivity contribution in [1.82, 2.24) is 9.88 Å². The number of aromatic amines is 1. The average Bonchev–Trinajstić information content (AvgIpc) is 2.91. The van der Waals surface area contributed by atoms with E-state index in [0.29, 0.717) is 18.7 Å². The standard InChI is InChI=1S/C15H17N3O/c1-3-18(10-11(2)9-16)15(19)13-5-4-6-14-12(13)7-8-17-14/h4-8,11,17H,3,10H2,1-2H3. The van der Waals surface area contributed by atoms with Gasteiger partial charge >= 0.3 is 0 Å². The molecule has 0 aliphatic rings. The summed E-state index contributed by atoms with van der Waals surface area (Å²) >= 11 is 0. The van der Waals surface area contributed by atoms with Crippen molar-refractivity contribution < 1.29 is 4.79 Å². The molecule has 0 radical (unpaired) electrons. The fraction of sp³-hybridized carbons (Fsp3) is 0.333. The molecule has 0 saturated carbocycles. The van der Waals surface area contributed by atoms with Gasteiger partial charge in [-0.05, 0) is 32.0 Å². The first-order valence-corrected chi connectivity index (χ1v) is 6.42. The predicted octanol–water partition coefficient (Wildman–Crippen LogP) is 2.79. The van der Waals surface area contributed by atoms with Crippen LogP contribution in [-0.2, 0) is 0 Å². The number of nitriles is 1. The molecule has 1 aromatic carbocycles. The lowest BCUT2D eigenvalue weighted by atomic mass is 10.1. The largest absolute Gasteiger partial charge is 0.361 e. The first-order valence-electron chi connectivity index (χ1n) is 6.42. The molecule has 0 bridgehead atoms. The topological polar surface area (TPSA) is 59.9 Å². The third-order valence-electron chi connectivity index (χ3n) is 3.21. The Bertz CT molecular complexity index is 624. The minimum absolute atomic E-state index is 0.0187. The smallest absolute Gasteiger partial charge is 0.254 e. The predicted molar refractivity (Wildman–Crippen MR) is 74.7 cm³/mol. The molecule has 1 heterocycles. The number of benzene rings is 1. The third-order valence-corrected chi connectivity index (χ3v) is 3.21. The molecule has 0 aliphatic heterocycles. The molecule has 0 spiro atoms. The number of rotatable bonds is 4. The van der Waals surface area contributed by atoms with Gasteiger partial charge in [0.15, 0.2) is 0 Å². The van der Waals surface area contributed by atoms with Gasteiger partial charge in [0.2, 0.25) is 0 Å². The van der Waals surface area contributed by atoms with Crippen LogP contribution in [0.25, 0.3) is 10.9 Å². The Labute approximate surface area is 112 Å². The Kier molecular flexibility index (Phi) is 3.86. The minimum Gasteiger partial charge on any atom is -0.361 e. The molecule has 4 nitrogen and oxygen atoms in total. The maximum absolute atomic E-state index is 12.5. The zero-order valence-electron chi connectivity index (χ0n) is 11.2. The van der Waals surface area contributed by atoms with Crippen molar-refractivity contribution in [3.63, 3.8) is 0 Å². The van der Waals surface area contributed by atoms with E-state index in [1.54, 1.807) is 4.90 Å². The SMILES string of the molecule is CCN(CC(C)C#N)C(=O)c1cccc2[nH]ccc12. The number of amides is 1. The lowest BCUT2D eigenvalue weighted by Crippen LogP contribution is -2.34. The molecule has 0 saturated heterocycles. The van der Waals surface area contributed by atoms with Crippen LogP contribution < -0.4 is 0 Å². The molecule has 0 aliphatic carbocycles. The minimum atomic E-state index is -0.158. The number of hydrogen-bond donors (Lipinski definition) is 1. The average molecular weight is 255 g/mol. The van der Waals surface area contributed by atoms with Crippen LogP contribution in [-0.4, -0.2) is 28.9 Å². The Morgan fingerprint density at radius 3 is 2.95 bits per heavy atom. The number of nitrogens with one attached hydrogen (secondary N) is 1. The van der Waals surface area contributed by atoms with Gasteiger partial charge in [-0.25, -0.2) is 0 Å². The third kappa shape index (κ3) is 2.60. The van der Waals surface area contributed by atoms with Crippen LogP contribution in [0.2, 0.25) is 0 Å². The normalized spacial score (nSPS) is 12.1. The number of fused-ring (bicyclic) bond motifs is 1. The zero-order chi connectivity index (χ0) is 13.8. The number of carbonyl (C=O) groups excluding carboxylic acids is 1. The van der Waals surface area contributed by atoms with E-state index in [0.717, 1.165) is 10.9 Å². The van der Waals surface area contributed by atoms with Crippen LogP contribution in [0, 0.1) is 17.2 Å². The summed E-state index contributed by atoms with van der Waals surface area (Å²) in [4.78, 5) is 17.4. The van der Waals surface area contributed by atoms with E-state index >= 15 is 0 Å². The highest BCUT2D eigenvalue weighted by Crippen LogP contribution is 2.19. The monoisotopic (exact) mass is 255 g/mol. The summed E-state index contributed by atoms with van der Waals surface area (Å²) in [5.74, 6) is -0.177. The number of hydrogen-bond acceptors (Lipinski definition) is 2. The maximum atomic E-state index is 12.5. The van der Waals surface area contributed by atoms with E-state index < -0.39 is 0 Å². The van der Waals surface area contributed by atoms with Crippen molar-refractivity contribution in [1.29, 1.82) is 5.26 Å². The lowest BCUT2D eigenvalue weighted by molar-refractivity contribution is 0.0754. The van der Waals surface area contributed by atoms with Gasteiger partial charge in [-0.1, -0.05) is 6.07 Å². The molecule has 2 rings (SSSR count). The summed E-state index contributed by atoms with van der Waals surface area (Å²) in [6.45, 7) is 4.82. The fourth-order valence-corrected chi connectivity index (χ4v) is 2.17. The van der Waals surface area contributed by atoms with Crippen LogP contribution in [0.5, 0.6) is 0 Å². The van der Waals surface area contributed by atoms with Gasteiger partial charge in [0.1, 0.15) is 0 Å². The molecular weight excluding hydrogens is 238 g/mol. The molecule has 2 aromatic rings. The van der Waals surface area contributed by atoms with Crippen LogP contribution in [0.3, 0.4) is 0 Å². The molecule has 19 heavy (non-hydrogen) atoms. The van der Waals surface area contributed by atoms with E-state index in [9.17, 15) is 4.79 Å². The van der Waals surface area contributed by atoms with Crippen LogP contribution in [0.1, 0.15) is 24.2 Å². The molecule has 1 unspecified atom stereocenters. The molecule has 0 fully saturated rings. The van der Waals surface area contributed by atoms with E-state index in [1.165, 1.54) is 0 Å². The molecule has 1 N–H and O–H groups in total. The van der Waals surface area contributed by atoms with E-state index in [2.05, 4.69) is 11.1 Å². The van der Waals surface area contributed by atoms with E-state index in [4.69, 9.17) is 5.26 Å². The summed E-state index contributed by atoms with van der Waals surface area (Å²) in [6, 6.07) is 9.72. The summed E-state index contributed by atoms with van der Waals surface area (Å²) < 4.78 is 0. The van der Waals surface area contributed by atoms with Crippen molar-refractivity contribution in [2.45, 2.75) is 13.8 Å². The number of carbonyl (C=O) groups is 1. The molecule has 4 heteroatoms. The highest BCUT2D eigenvalue weighted by Gasteiger charge is 2.18. The van der Waals surface area contributed by atoms with Gasteiger partial charge in [-0.3, -0.25) is 4.79 Å². The van der Waals surface area contributed by atoms with E-state index in [-0.39, 0.29) is 11.8 Å². The van der Waals surface area contributed by atoms with Crippen LogP contribution in [0.4, 0.5) is 0 Å². The Hall–Kier alpha value is -2.28. The Morgan fingerprint density at radius 2 is 2.26 bits per heavy atom. The van der Waals surface area contributed by atoms with Gasteiger partial charge in [0, 0.05) is 35.8 Å². The number of H-pyrrole nitrogens is 1. The van der Waals surface area contributed by atoms with Crippen molar-refractivity contribution in [3.8, 4) is 6.07 Å². The van der Waals surface area contributed by atoms with Gasteiger partial charge < -0.3 is 9.88 Å². The summed E-state index contributed by atoms with van der Waals surface area (Å²) in [7, 11) is 0. The highest BCUT2D eigenvalue weighted by molar-refractivity contribution is 6.06. The Balaban J connectivity index is 2.32. The lowest BCUT2D eigenvalue weighted by Gasteiger charge is -2.22. The summed E-state index contributed by atoms with van der Waals surface area (Å²) in [6.07, 6.45) is 1.83. The summed E-state index contributed by atoms with van der Waals surface area (Å²) in [5, 5.41) is 9.80. The van der Waals surface area contributed by atoms with Crippen molar-refractivity contribution in [2.24, 2.45) is 5.92 Å². The second kappa shape index (κ2) is 5.57. The first-order chi connectivity index (χ1) is 9.17. The molecular formula is C15H17N3O. The van der Waals surface area contributed by atoms with Crippen molar-refractivity contribution in [3.05, 3.63) is 36.0 Å². The van der Waals surface area contributed by atoms with Crippen LogP contribution in [0.15, 0.2) is 30.5 Å². The van der Waals surface area contributed by atoms with Gasteiger partial charge in [0.05, 0.1) is 12.0 Å². The highest BCUT2D eigenvalue weighted by atomic mass is 16.2. The Morgan fingerprint density at radius 1 is 1.47 bits per heavy atom. The first kappa shape index (κ1) is 13.2. The van der Waals surface area contributed by atoms with Crippen molar-refractivity contribution >= 4 is 16.8 Å². The van der Waals surface area contributed by atoms with Gasteiger partial charge in [-0.2, -0.15) is 5.26 Å². The molecule has 1 aromatic heterocycles. The molecule has 1 amide bonds. The van der Waals surface area contributed by atoms with Crippen molar-refractivity contribution in [2.75, 3.05) is 13.1 Å². The quantitative estimate of drug-likeness (QED) is 0.913. The fourth-order valence-electron chi connectivity index (χ4n) is 2.17. The van der Waals surface area contributed by atoms with Gasteiger partial charge in [0.25, 0.3) is 5.91 Å². The molecule has 1 atom stereocenters. The maximum Gasteiger partial charge on any atom is 0.254 e. The summed E-state index contributed by atoms with van der Waals surface area (Å²) in [5.41, 5.74) is 1.64. The van der Waals surface area contributed by atoms with Gasteiger partial charge in [-0.15, -0.1) is 0 Å². The number of nitrogens with zero attached hydrogens (tertiary/aromatic N) is 2. The van der Waals surface area contributed by atoms with Crippen LogP contribution >= 0.6 is 0 Å². The second-order valence-corrected chi connectivity index (χ2v) is 4.62. The number of aromatic nitrogens is 1. The van der Waals surface area contributed by atoms with E-state index in [1.807, 2.05) is 44.3 Å². The second-order valence-electron chi connectivity index (χ2n) is 4.62. The zero-order valence-corrected chi connectivity index (χ0v) is 11.2.